The molecular weight excluding hydrogens is 170 g/mol. The third-order valence-corrected chi connectivity index (χ3v) is 3.59. The monoisotopic (exact) mass is 197 g/mol. The Bertz CT molecular complexity index is 149. The molecule has 0 bridgehead atoms. The molecule has 1 nitrogen and oxygen atoms in total. The summed E-state index contributed by atoms with van der Waals surface area (Å²) in [4.78, 5) is 0. The van der Waals surface area contributed by atoms with Crippen LogP contribution in [0.3, 0.4) is 0 Å². The molecule has 1 heteroatoms. The van der Waals surface area contributed by atoms with Gasteiger partial charge in [0.1, 0.15) is 0 Å². The predicted molar refractivity (Wildman–Crippen MR) is 63.4 cm³/mol. The molecule has 84 valence electrons. The highest BCUT2D eigenvalue weighted by atomic mass is 14.9. The Morgan fingerprint density at radius 1 is 1.21 bits per heavy atom. The van der Waals surface area contributed by atoms with Gasteiger partial charge in [-0.15, -0.1) is 0 Å². The summed E-state index contributed by atoms with van der Waals surface area (Å²) in [5.41, 5.74) is 0. The van der Waals surface area contributed by atoms with E-state index in [0.717, 1.165) is 23.7 Å². The maximum absolute atomic E-state index is 3.58. The van der Waals surface area contributed by atoms with Crippen molar-refractivity contribution in [1.29, 1.82) is 0 Å². The van der Waals surface area contributed by atoms with Crippen LogP contribution in [0.5, 0.6) is 0 Å². The molecule has 0 radical (unpaired) electrons. The molecule has 1 saturated carbocycles. The van der Waals surface area contributed by atoms with Crippen LogP contribution in [0.2, 0.25) is 0 Å². The molecule has 0 saturated heterocycles. The third kappa shape index (κ3) is 3.61. The van der Waals surface area contributed by atoms with Crippen molar-refractivity contribution in [3.63, 3.8) is 0 Å². The van der Waals surface area contributed by atoms with Crippen molar-refractivity contribution < 1.29 is 0 Å². The molecule has 0 aliphatic heterocycles. The first-order valence-electron chi connectivity index (χ1n) is 6.39. The van der Waals surface area contributed by atoms with Crippen LogP contribution in [0.4, 0.5) is 0 Å². The second-order valence-electron chi connectivity index (χ2n) is 5.29. The molecule has 2 unspecified atom stereocenters. The van der Waals surface area contributed by atoms with Crippen molar-refractivity contribution in [2.24, 2.45) is 23.7 Å². The smallest absolute Gasteiger partial charge is 0.00175 e. The van der Waals surface area contributed by atoms with Crippen LogP contribution in [-0.4, -0.2) is 13.1 Å². The van der Waals surface area contributed by atoms with Gasteiger partial charge in [0.2, 0.25) is 0 Å². The van der Waals surface area contributed by atoms with E-state index in [4.69, 9.17) is 0 Å². The molecule has 0 aromatic rings. The van der Waals surface area contributed by atoms with E-state index in [2.05, 4.69) is 33.0 Å². The highest BCUT2D eigenvalue weighted by molar-refractivity contribution is 4.91. The van der Waals surface area contributed by atoms with E-state index in [-0.39, 0.29) is 0 Å². The molecule has 1 aliphatic carbocycles. The standard InChI is InChI=1S/C13H27N/c1-5-11(6-2)13-7-12(13)9-14-8-10(3)4/h10-14H,5-9H2,1-4H3. The minimum Gasteiger partial charge on any atom is -0.316 e. The van der Waals surface area contributed by atoms with E-state index in [0.29, 0.717) is 0 Å². The van der Waals surface area contributed by atoms with Crippen molar-refractivity contribution in [2.45, 2.75) is 47.0 Å². The number of rotatable bonds is 7. The molecule has 1 fully saturated rings. The topological polar surface area (TPSA) is 12.0 Å². The van der Waals surface area contributed by atoms with Crippen LogP contribution in [0, 0.1) is 23.7 Å². The molecule has 14 heavy (non-hydrogen) atoms. The van der Waals surface area contributed by atoms with Gasteiger partial charge >= 0.3 is 0 Å². The molecule has 0 aromatic heterocycles. The van der Waals surface area contributed by atoms with E-state index < -0.39 is 0 Å². The van der Waals surface area contributed by atoms with Crippen LogP contribution < -0.4 is 5.32 Å². The second kappa shape index (κ2) is 5.75. The SMILES string of the molecule is CCC(CC)C1CC1CNCC(C)C. The van der Waals surface area contributed by atoms with E-state index in [1.807, 2.05) is 0 Å². The fourth-order valence-electron chi connectivity index (χ4n) is 2.53. The van der Waals surface area contributed by atoms with Gasteiger partial charge in [-0.1, -0.05) is 40.5 Å². The Morgan fingerprint density at radius 3 is 2.36 bits per heavy atom. The van der Waals surface area contributed by atoms with Crippen LogP contribution in [-0.2, 0) is 0 Å². The van der Waals surface area contributed by atoms with Gasteiger partial charge in [0, 0.05) is 0 Å². The van der Waals surface area contributed by atoms with Gasteiger partial charge in [0.25, 0.3) is 0 Å². The molecular formula is C13H27N. The van der Waals surface area contributed by atoms with Crippen molar-refractivity contribution >= 4 is 0 Å². The molecule has 1 N–H and O–H groups in total. The van der Waals surface area contributed by atoms with Gasteiger partial charge in [-0.25, -0.2) is 0 Å². The minimum atomic E-state index is 0.792. The normalized spacial score (nSPS) is 26.1. The maximum Gasteiger partial charge on any atom is -0.00175 e. The van der Waals surface area contributed by atoms with Crippen LogP contribution in [0.15, 0.2) is 0 Å². The fraction of sp³-hybridized carbons (Fsp3) is 1.00. The summed E-state index contributed by atoms with van der Waals surface area (Å²) in [5, 5.41) is 3.58. The van der Waals surface area contributed by atoms with Crippen molar-refractivity contribution in [3.05, 3.63) is 0 Å². The first kappa shape index (κ1) is 12.0. The third-order valence-electron chi connectivity index (χ3n) is 3.59. The molecule has 0 spiro atoms. The lowest BCUT2D eigenvalue weighted by molar-refractivity contribution is 0.399. The van der Waals surface area contributed by atoms with Gasteiger partial charge in [-0.3, -0.25) is 0 Å². The zero-order chi connectivity index (χ0) is 10.6. The quantitative estimate of drug-likeness (QED) is 0.660. The summed E-state index contributed by atoms with van der Waals surface area (Å²) in [7, 11) is 0. The first-order chi connectivity index (χ1) is 6.69. The number of hydrogen-bond donors (Lipinski definition) is 1. The second-order valence-corrected chi connectivity index (χ2v) is 5.29. The molecule has 0 amide bonds. The molecule has 2 atom stereocenters. The van der Waals surface area contributed by atoms with E-state index in [9.17, 15) is 0 Å². The summed E-state index contributed by atoms with van der Waals surface area (Å²) < 4.78 is 0. The van der Waals surface area contributed by atoms with Gasteiger partial charge in [-0.05, 0) is 43.2 Å². The zero-order valence-corrected chi connectivity index (χ0v) is 10.3. The van der Waals surface area contributed by atoms with Crippen LogP contribution in [0.25, 0.3) is 0 Å². The highest BCUT2D eigenvalue weighted by Gasteiger charge is 2.40. The lowest BCUT2D eigenvalue weighted by Crippen LogP contribution is -2.23. The van der Waals surface area contributed by atoms with E-state index >= 15 is 0 Å². The minimum absolute atomic E-state index is 0.792. The summed E-state index contributed by atoms with van der Waals surface area (Å²) >= 11 is 0. The summed E-state index contributed by atoms with van der Waals surface area (Å²) in [6.45, 7) is 11.7. The van der Waals surface area contributed by atoms with Crippen molar-refractivity contribution in [2.75, 3.05) is 13.1 Å². The molecule has 0 aromatic carbocycles. The summed E-state index contributed by atoms with van der Waals surface area (Å²) in [6.07, 6.45) is 4.24. The highest BCUT2D eigenvalue weighted by Crippen LogP contribution is 2.46. The van der Waals surface area contributed by atoms with Gasteiger partial charge < -0.3 is 5.32 Å². The van der Waals surface area contributed by atoms with Crippen LogP contribution >= 0.6 is 0 Å². The zero-order valence-electron chi connectivity index (χ0n) is 10.3. The fourth-order valence-corrected chi connectivity index (χ4v) is 2.53. The van der Waals surface area contributed by atoms with Crippen molar-refractivity contribution in [1.82, 2.24) is 5.32 Å². The Hall–Kier alpha value is -0.0400. The van der Waals surface area contributed by atoms with E-state index in [1.165, 1.54) is 32.4 Å². The Balaban J connectivity index is 2.07. The molecule has 0 heterocycles. The number of hydrogen-bond acceptors (Lipinski definition) is 1. The lowest BCUT2D eigenvalue weighted by Gasteiger charge is -2.12. The average molecular weight is 197 g/mol. The largest absolute Gasteiger partial charge is 0.316 e. The predicted octanol–water partition coefficient (Wildman–Crippen LogP) is 3.30. The Morgan fingerprint density at radius 2 is 1.86 bits per heavy atom. The first-order valence-corrected chi connectivity index (χ1v) is 6.39. The summed E-state index contributed by atoms with van der Waals surface area (Å²) in [5.74, 6) is 3.84. The number of nitrogens with one attached hydrogen (secondary N) is 1. The lowest BCUT2D eigenvalue weighted by atomic mass is 9.96. The van der Waals surface area contributed by atoms with Gasteiger partial charge in [0.15, 0.2) is 0 Å². The van der Waals surface area contributed by atoms with Gasteiger partial charge in [0.05, 0.1) is 0 Å². The molecule has 1 rings (SSSR count). The van der Waals surface area contributed by atoms with Crippen molar-refractivity contribution in [3.8, 4) is 0 Å². The van der Waals surface area contributed by atoms with E-state index in [1.54, 1.807) is 0 Å². The van der Waals surface area contributed by atoms with Crippen LogP contribution in [0.1, 0.15) is 47.0 Å². The van der Waals surface area contributed by atoms with Gasteiger partial charge in [-0.2, -0.15) is 0 Å². The summed E-state index contributed by atoms with van der Waals surface area (Å²) in [6, 6.07) is 0. The molecule has 1 aliphatic rings. The average Bonchev–Trinajstić information content (AvgIpc) is 2.86. The Kier molecular flexibility index (Phi) is 4.94. The maximum atomic E-state index is 3.58. The Labute approximate surface area is 89.7 Å².